The van der Waals surface area contributed by atoms with E-state index in [1.54, 1.807) is 4.90 Å². The molecule has 0 N–H and O–H groups in total. The maximum Gasteiger partial charge on any atom is 0.256 e. The normalized spacial score (nSPS) is 16.8. The first-order valence-electron chi connectivity index (χ1n) is 9.35. The van der Waals surface area contributed by atoms with Crippen molar-refractivity contribution in [2.24, 2.45) is 0 Å². The molecule has 1 atom stereocenters. The number of nitrogens with zero attached hydrogens (tertiary/aromatic N) is 3. The number of carbonyl (C=O) groups excluding carboxylic acids is 1. The Morgan fingerprint density at radius 2 is 1.75 bits per heavy atom. The fraction of sp³-hybridized carbons (Fsp3) is 0.227. The minimum absolute atomic E-state index is 0.0402. The molecule has 1 aromatic heterocycles. The first-order chi connectivity index (χ1) is 13.7. The van der Waals surface area contributed by atoms with Crippen molar-refractivity contribution in [3.8, 4) is 0 Å². The number of anilines is 1. The van der Waals surface area contributed by atoms with Crippen LogP contribution in [0.15, 0.2) is 71.3 Å². The van der Waals surface area contributed by atoms with Gasteiger partial charge in [-0.15, -0.1) is 0 Å². The van der Waals surface area contributed by atoms with Crippen molar-refractivity contribution in [3.05, 3.63) is 83.7 Å². The van der Waals surface area contributed by atoms with Gasteiger partial charge in [0.1, 0.15) is 11.8 Å². The highest BCUT2D eigenvalue weighted by atomic mass is 32.1. The molecule has 1 fully saturated rings. The Hall–Kier alpha value is -2.99. The molecule has 0 spiro atoms. The van der Waals surface area contributed by atoms with Crippen LogP contribution >= 0.6 is 12.2 Å². The van der Waals surface area contributed by atoms with Crippen LogP contribution in [0.4, 0.5) is 5.69 Å². The van der Waals surface area contributed by atoms with Gasteiger partial charge in [0.2, 0.25) is 0 Å². The summed E-state index contributed by atoms with van der Waals surface area (Å²) in [6.45, 7) is 2.59. The molecular formula is C22H21N3O2S. The van der Waals surface area contributed by atoms with Crippen LogP contribution < -0.4 is 4.90 Å². The summed E-state index contributed by atoms with van der Waals surface area (Å²) in [5.74, 6) is 0.660. The van der Waals surface area contributed by atoms with Crippen LogP contribution in [-0.2, 0) is 24.2 Å². The lowest BCUT2D eigenvalue weighted by molar-refractivity contribution is -0.119. The van der Waals surface area contributed by atoms with E-state index in [0.717, 1.165) is 23.4 Å². The van der Waals surface area contributed by atoms with Gasteiger partial charge in [-0.3, -0.25) is 9.69 Å². The van der Waals surface area contributed by atoms with Gasteiger partial charge in [-0.2, -0.15) is 0 Å². The van der Waals surface area contributed by atoms with Crippen molar-refractivity contribution in [2.45, 2.75) is 32.4 Å². The van der Waals surface area contributed by atoms with Crippen molar-refractivity contribution in [3.63, 3.8) is 0 Å². The lowest BCUT2D eigenvalue weighted by Crippen LogP contribution is -2.36. The molecule has 1 aliphatic rings. The highest BCUT2D eigenvalue weighted by Gasteiger charge is 2.43. The topological polar surface area (TPSA) is 49.6 Å². The Morgan fingerprint density at radius 3 is 2.39 bits per heavy atom. The molecule has 0 bridgehead atoms. The minimum Gasteiger partial charge on any atom is -0.361 e. The number of para-hydroxylation sites is 1. The number of rotatable bonds is 6. The number of hydrogen-bond donors (Lipinski definition) is 0. The van der Waals surface area contributed by atoms with Crippen LogP contribution in [0.1, 0.15) is 23.9 Å². The molecule has 0 saturated carbocycles. The second-order valence-corrected chi connectivity index (χ2v) is 7.13. The van der Waals surface area contributed by atoms with Crippen LogP contribution in [0.2, 0.25) is 0 Å². The number of aryl methyl sites for hydroxylation is 1. The summed E-state index contributed by atoms with van der Waals surface area (Å²) in [5, 5.41) is 4.57. The molecule has 0 aliphatic carbocycles. The summed E-state index contributed by atoms with van der Waals surface area (Å²) < 4.78 is 5.45. The number of thiocarbonyl (C=S) groups is 1. The van der Waals surface area contributed by atoms with Gasteiger partial charge in [0.15, 0.2) is 5.11 Å². The van der Waals surface area contributed by atoms with Crippen molar-refractivity contribution in [2.75, 3.05) is 4.90 Å². The predicted molar refractivity (Wildman–Crippen MR) is 112 cm³/mol. The van der Waals surface area contributed by atoms with Crippen molar-refractivity contribution in [1.29, 1.82) is 0 Å². The summed E-state index contributed by atoms with van der Waals surface area (Å²) in [7, 11) is 0. The molecule has 2 heterocycles. The zero-order valence-electron chi connectivity index (χ0n) is 15.6. The Bertz CT molecular complexity index is 972. The molecule has 3 aromatic rings. The van der Waals surface area contributed by atoms with Crippen molar-refractivity contribution >= 4 is 28.9 Å². The van der Waals surface area contributed by atoms with Gasteiger partial charge in [0.25, 0.3) is 5.91 Å². The fourth-order valence-electron chi connectivity index (χ4n) is 3.42. The van der Waals surface area contributed by atoms with Crippen LogP contribution in [0.5, 0.6) is 0 Å². The van der Waals surface area contributed by atoms with E-state index >= 15 is 0 Å². The van der Waals surface area contributed by atoms with E-state index in [1.165, 1.54) is 0 Å². The summed E-state index contributed by atoms with van der Waals surface area (Å²) >= 11 is 5.73. The van der Waals surface area contributed by atoms with Gasteiger partial charge in [-0.1, -0.05) is 60.6 Å². The molecule has 1 unspecified atom stereocenters. The summed E-state index contributed by atoms with van der Waals surface area (Å²) in [6, 6.07) is 21.1. The predicted octanol–water partition coefficient (Wildman–Crippen LogP) is 3.98. The van der Waals surface area contributed by atoms with E-state index in [-0.39, 0.29) is 5.91 Å². The van der Waals surface area contributed by atoms with Gasteiger partial charge >= 0.3 is 0 Å². The molecule has 1 aliphatic heterocycles. The van der Waals surface area contributed by atoms with E-state index in [1.807, 2.05) is 78.6 Å². The Balaban J connectivity index is 1.66. The first-order valence-corrected chi connectivity index (χ1v) is 9.76. The summed E-state index contributed by atoms with van der Waals surface area (Å²) in [4.78, 5) is 16.9. The lowest BCUT2D eigenvalue weighted by atomic mass is 10.1. The largest absolute Gasteiger partial charge is 0.361 e. The highest BCUT2D eigenvalue weighted by Crippen LogP contribution is 2.29. The number of aromatic nitrogens is 1. The third-order valence-corrected chi connectivity index (χ3v) is 5.31. The highest BCUT2D eigenvalue weighted by molar-refractivity contribution is 7.80. The second-order valence-electron chi connectivity index (χ2n) is 6.76. The van der Waals surface area contributed by atoms with Gasteiger partial charge in [0, 0.05) is 19.0 Å². The maximum absolute atomic E-state index is 13.3. The average molecular weight is 391 g/mol. The lowest BCUT2D eigenvalue weighted by Gasteiger charge is -2.23. The second kappa shape index (κ2) is 7.94. The molecule has 142 valence electrons. The number of hydrogen-bond acceptors (Lipinski definition) is 4. The number of benzene rings is 2. The Kier molecular flexibility index (Phi) is 5.21. The average Bonchev–Trinajstić information content (AvgIpc) is 3.28. The minimum atomic E-state index is -0.425. The molecule has 28 heavy (non-hydrogen) atoms. The van der Waals surface area contributed by atoms with E-state index in [0.29, 0.717) is 23.8 Å². The Morgan fingerprint density at radius 1 is 1.07 bits per heavy atom. The molecule has 1 amide bonds. The fourth-order valence-corrected chi connectivity index (χ4v) is 3.80. The number of amides is 1. The molecule has 0 radical (unpaired) electrons. The summed E-state index contributed by atoms with van der Waals surface area (Å²) in [6.07, 6.45) is 1.23. The standard InChI is InChI=1S/C22H21N3O2S/c1-2-17-13-19(27-23-17)14-20-21(26)25(18-11-7-4-8-12-18)22(28)24(20)15-16-9-5-3-6-10-16/h3-13,20H,2,14-15H2,1H3. The monoisotopic (exact) mass is 391 g/mol. The first kappa shape index (κ1) is 18.4. The quantitative estimate of drug-likeness (QED) is 0.595. The molecule has 5 nitrogen and oxygen atoms in total. The molecule has 4 rings (SSSR count). The van der Waals surface area contributed by atoms with E-state index in [2.05, 4.69) is 5.16 Å². The van der Waals surface area contributed by atoms with E-state index < -0.39 is 6.04 Å². The van der Waals surface area contributed by atoms with Gasteiger partial charge in [0.05, 0.1) is 11.4 Å². The van der Waals surface area contributed by atoms with E-state index in [9.17, 15) is 4.79 Å². The number of carbonyl (C=O) groups is 1. The van der Waals surface area contributed by atoms with E-state index in [4.69, 9.17) is 16.7 Å². The zero-order valence-corrected chi connectivity index (χ0v) is 16.4. The summed E-state index contributed by atoms with van der Waals surface area (Å²) in [5.41, 5.74) is 2.77. The molecule has 1 saturated heterocycles. The third-order valence-electron chi connectivity index (χ3n) is 4.89. The molecule has 6 heteroatoms. The van der Waals surface area contributed by atoms with Crippen LogP contribution in [0.3, 0.4) is 0 Å². The third kappa shape index (κ3) is 3.55. The smallest absolute Gasteiger partial charge is 0.256 e. The van der Waals surface area contributed by atoms with Crippen molar-refractivity contribution in [1.82, 2.24) is 10.1 Å². The van der Waals surface area contributed by atoms with Crippen molar-refractivity contribution < 1.29 is 9.32 Å². The molecule has 2 aromatic carbocycles. The SMILES string of the molecule is CCc1cc(CC2C(=O)N(c3ccccc3)C(=S)N2Cc2ccccc2)on1. The van der Waals surface area contributed by atoms with Gasteiger partial charge in [-0.05, 0) is 36.3 Å². The van der Waals surface area contributed by atoms with Crippen LogP contribution in [0, 0.1) is 0 Å². The van der Waals surface area contributed by atoms with Crippen LogP contribution in [-0.4, -0.2) is 27.1 Å². The van der Waals surface area contributed by atoms with Crippen LogP contribution in [0.25, 0.3) is 0 Å². The molecular weight excluding hydrogens is 370 g/mol. The zero-order chi connectivity index (χ0) is 19.5. The Labute approximate surface area is 169 Å². The maximum atomic E-state index is 13.3. The van der Waals surface area contributed by atoms with Gasteiger partial charge in [-0.25, -0.2) is 0 Å². The van der Waals surface area contributed by atoms with Gasteiger partial charge < -0.3 is 9.42 Å².